The van der Waals surface area contributed by atoms with Crippen molar-refractivity contribution >= 4 is 35.6 Å². The summed E-state index contributed by atoms with van der Waals surface area (Å²) in [5.74, 6) is -0.0645. The molecule has 1 fully saturated rings. The average molecular weight is 298 g/mol. The fraction of sp³-hybridized carbons (Fsp3) is 0.429. The number of nitrogens with one attached hydrogen (secondary N) is 3. The van der Waals surface area contributed by atoms with Crippen molar-refractivity contribution in [3.8, 4) is 0 Å². The number of carbonyl (C=O) groups is 2. The molecule has 0 aromatic heterocycles. The van der Waals surface area contributed by atoms with Crippen LogP contribution in [0.4, 0.5) is 11.4 Å². The quantitative estimate of drug-likeness (QED) is 0.799. The third-order valence-electron chi connectivity index (χ3n) is 3.12. The predicted octanol–water partition coefficient (Wildman–Crippen LogP) is 2.00. The normalized spacial score (nSPS) is 17.8. The monoisotopic (exact) mass is 297 g/mol. The van der Waals surface area contributed by atoms with E-state index in [9.17, 15) is 9.59 Å². The van der Waals surface area contributed by atoms with Crippen LogP contribution in [-0.4, -0.2) is 24.9 Å². The molecule has 0 radical (unpaired) electrons. The van der Waals surface area contributed by atoms with Crippen molar-refractivity contribution in [2.45, 2.75) is 19.8 Å². The summed E-state index contributed by atoms with van der Waals surface area (Å²) in [6.45, 7) is 3.18. The first-order valence-electron chi connectivity index (χ1n) is 6.54. The van der Waals surface area contributed by atoms with Crippen LogP contribution >= 0.6 is 12.4 Å². The zero-order valence-electron chi connectivity index (χ0n) is 11.4. The lowest BCUT2D eigenvalue weighted by atomic mass is 9.99. The molecule has 0 bridgehead atoms. The summed E-state index contributed by atoms with van der Waals surface area (Å²) in [6, 6.07) is 7.17. The molecule has 2 rings (SSSR count). The predicted molar refractivity (Wildman–Crippen MR) is 82.2 cm³/mol. The Morgan fingerprint density at radius 1 is 1.25 bits per heavy atom. The summed E-state index contributed by atoms with van der Waals surface area (Å²) in [5.41, 5.74) is 1.40. The first kappa shape index (κ1) is 16.5. The van der Waals surface area contributed by atoms with Crippen molar-refractivity contribution in [3.05, 3.63) is 24.3 Å². The van der Waals surface area contributed by atoms with Gasteiger partial charge in [0.25, 0.3) is 0 Å². The van der Waals surface area contributed by atoms with E-state index >= 15 is 0 Å². The van der Waals surface area contributed by atoms with Gasteiger partial charge in [0.1, 0.15) is 0 Å². The highest BCUT2D eigenvalue weighted by Crippen LogP contribution is 2.17. The van der Waals surface area contributed by atoms with Gasteiger partial charge in [0, 0.05) is 24.8 Å². The Morgan fingerprint density at radius 2 is 1.95 bits per heavy atom. The molecule has 1 saturated heterocycles. The number of halogens is 1. The third-order valence-corrected chi connectivity index (χ3v) is 3.12. The highest BCUT2D eigenvalue weighted by molar-refractivity contribution is 5.94. The molecule has 0 spiro atoms. The second-order valence-electron chi connectivity index (χ2n) is 4.79. The molecular weight excluding hydrogens is 278 g/mol. The van der Waals surface area contributed by atoms with Gasteiger partial charge in [-0.05, 0) is 37.6 Å². The van der Waals surface area contributed by atoms with Gasteiger partial charge in [-0.25, -0.2) is 0 Å². The van der Waals surface area contributed by atoms with Gasteiger partial charge in [-0.3, -0.25) is 9.59 Å². The van der Waals surface area contributed by atoms with E-state index in [1.807, 2.05) is 6.07 Å². The van der Waals surface area contributed by atoms with Crippen molar-refractivity contribution in [1.29, 1.82) is 0 Å². The van der Waals surface area contributed by atoms with Crippen LogP contribution in [0, 0.1) is 5.92 Å². The SMILES string of the molecule is CC(=O)Nc1cccc(NC(=O)[C@@H]2CCCNC2)c1.Cl. The molecular formula is C14H20ClN3O2. The topological polar surface area (TPSA) is 70.2 Å². The van der Waals surface area contributed by atoms with Crippen LogP contribution < -0.4 is 16.0 Å². The first-order valence-corrected chi connectivity index (χ1v) is 6.54. The standard InChI is InChI=1S/C14H19N3O2.ClH/c1-10(18)16-12-5-2-6-13(8-12)17-14(19)11-4-3-7-15-9-11;/h2,5-6,8,11,15H,3-4,7,9H2,1H3,(H,16,18)(H,17,19);1H/t11-;/m1./s1. The van der Waals surface area contributed by atoms with Gasteiger partial charge in [0.2, 0.25) is 11.8 Å². The van der Waals surface area contributed by atoms with Crippen LogP contribution in [0.3, 0.4) is 0 Å². The molecule has 20 heavy (non-hydrogen) atoms. The van der Waals surface area contributed by atoms with E-state index in [1.54, 1.807) is 18.2 Å². The minimum Gasteiger partial charge on any atom is -0.326 e. The lowest BCUT2D eigenvalue weighted by Gasteiger charge is -2.22. The lowest BCUT2D eigenvalue weighted by Crippen LogP contribution is -2.37. The Labute approximate surface area is 124 Å². The van der Waals surface area contributed by atoms with Gasteiger partial charge in [0.05, 0.1) is 5.92 Å². The van der Waals surface area contributed by atoms with E-state index in [0.717, 1.165) is 25.9 Å². The summed E-state index contributed by atoms with van der Waals surface area (Å²) in [6.07, 6.45) is 1.95. The van der Waals surface area contributed by atoms with Crippen LogP contribution in [0.5, 0.6) is 0 Å². The number of piperidine rings is 1. The molecule has 1 aromatic rings. The second-order valence-corrected chi connectivity index (χ2v) is 4.79. The maximum Gasteiger partial charge on any atom is 0.228 e. The summed E-state index contributed by atoms with van der Waals surface area (Å²) in [7, 11) is 0. The number of carbonyl (C=O) groups excluding carboxylic acids is 2. The molecule has 2 amide bonds. The highest BCUT2D eigenvalue weighted by Gasteiger charge is 2.20. The molecule has 0 saturated carbocycles. The molecule has 0 aliphatic carbocycles. The fourth-order valence-corrected chi connectivity index (χ4v) is 2.20. The van der Waals surface area contributed by atoms with E-state index in [-0.39, 0.29) is 30.1 Å². The van der Waals surface area contributed by atoms with E-state index in [2.05, 4.69) is 16.0 Å². The number of amides is 2. The molecule has 1 aliphatic rings. The van der Waals surface area contributed by atoms with Gasteiger partial charge in [-0.1, -0.05) is 6.07 Å². The van der Waals surface area contributed by atoms with Crippen LogP contribution in [0.25, 0.3) is 0 Å². The zero-order chi connectivity index (χ0) is 13.7. The number of hydrogen-bond donors (Lipinski definition) is 3. The maximum atomic E-state index is 12.1. The lowest BCUT2D eigenvalue weighted by molar-refractivity contribution is -0.120. The largest absolute Gasteiger partial charge is 0.326 e. The number of rotatable bonds is 3. The minimum atomic E-state index is -0.125. The Bertz CT molecular complexity index is 473. The van der Waals surface area contributed by atoms with Crippen molar-refractivity contribution in [3.63, 3.8) is 0 Å². The van der Waals surface area contributed by atoms with Crippen molar-refractivity contribution in [2.75, 3.05) is 23.7 Å². The van der Waals surface area contributed by atoms with Crippen LogP contribution in [0.1, 0.15) is 19.8 Å². The van der Waals surface area contributed by atoms with Gasteiger partial charge in [-0.15, -0.1) is 12.4 Å². The maximum absolute atomic E-state index is 12.1. The van der Waals surface area contributed by atoms with Gasteiger partial charge in [-0.2, -0.15) is 0 Å². The van der Waals surface area contributed by atoms with Crippen molar-refractivity contribution < 1.29 is 9.59 Å². The molecule has 110 valence electrons. The Kier molecular flexibility index (Phi) is 6.48. The molecule has 1 atom stereocenters. The van der Waals surface area contributed by atoms with Crippen LogP contribution in [0.2, 0.25) is 0 Å². The molecule has 1 aliphatic heterocycles. The molecule has 1 heterocycles. The molecule has 6 heteroatoms. The minimum absolute atomic E-state index is 0. The van der Waals surface area contributed by atoms with E-state index in [4.69, 9.17) is 0 Å². The van der Waals surface area contributed by atoms with Gasteiger partial charge in [0.15, 0.2) is 0 Å². The van der Waals surface area contributed by atoms with E-state index < -0.39 is 0 Å². The summed E-state index contributed by atoms with van der Waals surface area (Å²) in [4.78, 5) is 23.0. The third kappa shape index (κ3) is 4.83. The molecule has 5 nitrogen and oxygen atoms in total. The van der Waals surface area contributed by atoms with Crippen molar-refractivity contribution in [2.24, 2.45) is 5.92 Å². The molecule has 1 aromatic carbocycles. The Morgan fingerprint density at radius 3 is 2.55 bits per heavy atom. The van der Waals surface area contributed by atoms with Crippen LogP contribution in [0.15, 0.2) is 24.3 Å². The Hall–Kier alpha value is -1.59. The summed E-state index contributed by atoms with van der Waals surface area (Å²) in [5, 5.41) is 8.81. The average Bonchev–Trinajstić information content (AvgIpc) is 2.39. The second kappa shape index (κ2) is 7.87. The summed E-state index contributed by atoms with van der Waals surface area (Å²) >= 11 is 0. The molecule has 3 N–H and O–H groups in total. The number of anilines is 2. The van der Waals surface area contributed by atoms with Crippen LogP contribution in [-0.2, 0) is 9.59 Å². The van der Waals surface area contributed by atoms with Gasteiger partial charge < -0.3 is 16.0 Å². The number of hydrogen-bond acceptors (Lipinski definition) is 3. The van der Waals surface area contributed by atoms with Crippen molar-refractivity contribution in [1.82, 2.24) is 5.32 Å². The molecule has 0 unspecified atom stereocenters. The fourth-order valence-electron chi connectivity index (χ4n) is 2.20. The number of benzene rings is 1. The zero-order valence-corrected chi connectivity index (χ0v) is 12.3. The van der Waals surface area contributed by atoms with E-state index in [0.29, 0.717) is 11.4 Å². The summed E-state index contributed by atoms with van der Waals surface area (Å²) < 4.78 is 0. The van der Waals surface area contributed by atoms with E-state index in [1.165, 1.54) is 6.92 Å². The first-order chi connectivity index (χ1) is 9.15. The highest BCUT2D eigenvalue weighted by atomic mass is 35.5. The smallest absolute Gasteiger partial charge is 0.228 e. The van der Waals surface area contributed by atoms with Gasteiger partial charge >= 0.3 is 0 Å². The Balaban J connectivity index is 0.00000200.